The molecule has 1 unspecified atom stereocenters. The summed E-state index contributed by atoms with van der Waals surface area (Å²) in [6.45, 7) is 3.75. The van der Waals surface area contributed by atoms with Crippen LogP contribution >= 0.6 is 11.6 Å². The van der Waals surface area contributed by atoms with Crippen LogP contribution in [0.2, 0.25) is 5.02 Å². The summed E-state index contributed by atoms with van der Waals surface area (Å²) in [4.78, 5) is 12.1. The molecule has 0 bridgehead atoms. The van der Waals surface area contributed by atoms with Crippen molar-refractivity contribution in [1.82, 2.24) is 15.1 Å². The molecule has 2 rings (SSSR count). The third-order valence-electron chi connectivity index (χ3n) is 3.12. The second-order valence-electron chi connectivity index (χ2n) is 4.48. The van der Waals surface area contributed by atoms with Crippen molar-refractivity contribution in [1.29, 1.82) is 0 Å². The van der Waals surface area contributed by atoms with Crippen molar-refractivity contribution in [2.75, 3.05) is 0 Å². The Morgan fingerprint density at radius 1 is 1.37 bits per heavy atom. The Balaban J connectivity index is 2.15. The summed E-state index contributed by atoms with van der Waals surface area (Å²) in [5, 5.41) is 7.43. The fraction of sp³-hybridized carbons (Fsp3) is 0.286. The summed E-state index contributed by atoms with van der Waals surface area (Å²) in [6.07, 6.45) is 0. The van der Waals surface area contributed by atoms with E-state index in [1.165, 1.54) is 0 Å². The quantitative estimate of drug-likeness (QED) is 0.938. The summed E-state index contributed by atoms with van der Waals surface area (Å²) in [5.74, 6) is -0.259. The Kier molecular flexibility index (Phi) is 3.90. The molecule has 1 N–H and O–H groups in total. The van der Waals surface area contributed by atoms with Gasteiger partial charge in [0.1, 0.15) is 0 Å². The number of halogens is 1. The smallest absolute Gasteiger partial charge is 0.273 e. The van der Waals surface area contributed by atoms with Gasteiger partial charge in [-0.3, -0.25) is 9.48 Å². The van der Waals surface area contributed by atoms with Gasteiger partial charge in [-0.25, -0.2) is 0 Å². The second kappa shape index (κ2) is 5.45. The van der Waals surface area contributed by atoms with Gasteiger partial charge in [0, 0.05) is 7.05 Å². The molecule has 100 valence electrons. The largest absolute Gasteiger partial charge is 0.344 e. The lowest BCUT2D eigenvalue weighted by Crippen LogP contribution is -2.27. The predicted molar refractivity (Wildman–Crippen MR) is 75.3 cm³/mol. The van der Waals surface area contributed by atoms with E-state index in [2.05, 4.69) is 10.4 Å². The highest BCUT2D eigenvalue weighted by atomic mass is 35.5. The van der Waals surface area contributed by atoms with Crippen LogP contribution < -0.4 is 5.32 Å². The van der Waals surface area contributed by atoms with E-state index < -0.39 is 0 Å². The Morgan fingerprint density at radius 2 is 2.00 bits per heavy atom. The number of aryl methyl sites for hydroxylation is 1. The molecule has 0 aliphatic carbocycles. The van der Waals surface area contributed by atoms with Gasteiger partial charge in [-0.1, -0.05) is 41.9 Å². The fourth-order valence-corrected chi connectivity index (χ4v) is 2.06. The monoisotopic (exact) mass is 277 g/mol. The number of benzene rings is 1. The number of rotatable bonds is 3. The standard InChI is InChI=1S/C14H16ClN3O/c1-9(11-7-5-4-6-8-11)16-14(19)13-12(15)10(2)18(3)17-13/h4-9H,1-3H3,(H,16,19). The van der Waals surface area contributed by atoms with E-state index >= 15 is 0 Å². The SMILES string of the molecule is Cc1c(Cl)c(C(=O)NC(C)c2ccccc2)nn1C. The van der Waals surface area contributed by atoms with Gasteiger partial charge in [-0.15, -0.1) is 0 Å². The molecular formula is C14H16ClN3O. The molecule has 0 aliphatic rings. The van der Waals surface area contributed by atoms with Crippen LogP contribution in [0.5, 0.6) is 0 Å². The number of hydrogen-bond acceptors (Lipinski definition) is 2. The molecule has 1 amide bonds. The van der Waals surface area contributed by atoms with Gasteiger partial charge >= 0.3 is 0 Å². The molecule has 0 radical (unpaired) electrons. The van der Waals surface area contributed by atoms with Crippen LogP contribution in [0.25, 0.3) is 0 Å². The van der Waals surface area contributed by atoms with E-state index in [0.717, 1.165) is 11.3 Å². The van der Waals surface area contributed by atoms with Gasteiger partial charge in [0.2, 0.25) is 0 Å². The van der Waals surface area contributed by atoms with Gasteiger partial charge in [-0.05, 0) is 19.4 Å². The molecule has 5 heteroatoms. The number of amides is 1. The minimum Gasteiger partial charge on any atom is -0.344 e. The highest BCUT2D eigenvalue weighted by molar-refractivity contribution is 6.34. The third-order valence-corrected chi connectivity index (χ3v) is 3.58. The Morgan fingerprint density at radius 3 is 2.53 bits per heavy atom. The van der Waals surface area contributed by atoms with E-state index in [9.17, 15) is 4.79 Å². The van der Waals surface area contributed by atoms with Crippen molar-refractivity contribution in [3.63, 3.8) is 0 Å². The van der Waals surface area contributed by atoms with Crippen LogP contribution in [0.3, 0.4) is 0 Å². The molecule has 0 fully saturated rings. The second-order valence-corrected chi connectivity index (χ2v) is 4.86. The maximum Gasteiger partial charge on any atom is 0.273 e. The Labute approximate surface area is 117 Å². The number of nitrogens with one attached hydrogen (secondary N) is 1. The maximum atomic E-state index is 12.1. The summed E-state index contributed by atoms with van der Waals surface area (Å²) in [6, 6.07) is 9.67. The van der Waals surface area contributed by atoms with Crippen LogP contribution in [0, 0.1) is 6.92 Å². The highest BCUT2D eigenvalue weighted by Gasteiger charge is 2.19. The van der Waals surface area contributed by atoms with Crippen molar-refractivity contribution < 1.29 is 4.79 Å². The molecule has 1 heterocycles. The van der Waals surface area contributed by atoms with Crippen molar-refractivity contribution in [3.05, 3.63) is 52.3 Å². The van der Waals surface area contributed by atoms with Crippen molar-refractivity contribution in [3.8, 4) is 0 Å². The van der Waals surface area contributed by atoms with E-state index in [-0.39, 0.29) is 17.6 Å². The molecule has 4 nitrogen and oxygen atoms in total. The molecule has 0 saturated heterocycles. The summed E-state index contributed by atoms with van der Waals surface area (Å²) < 4.78 is 1.60. The molecule has 1 aromatic heterocycles. The Bertz CT molecular complexity index is 592. The van der Waals surface area contributed by atoms with Gasteiger partial charge in [0.25, 0.3) is 5.91 Å². The van der Waals surface area contributed by atoms with Crippen molar-refractivity contribution >= 4 is 17.5 Å². The average molecular weight is 278 g/mol. The summed E-state index contributed by atoms with van der Waals surface area (Å²) >= 11 is 6.09. The fourth-order valence-electron chi connectivity index (χ4n) is 1.82. The van der Waals surface area contributed by atoms with Crippen molar-refractivity contribution in [2.24, 2.45) is 7.05 Å². The third kappa shape index (κ3) is 2.79. The summed E-state index contributed by atoms with van der Waals surface area (Å²) in [7, 11) is 1.76. The number of aromatic nitrogens is 2. The number of carbonyl (C=O) groups excluding carboxylic acids is 1. The molecule has 1 atom stereocenters. The predicted octanol–water partition coefficient (Wildman–Crippen LogP) is 2.87. The van der Waals surface area contributed by atoms with Gasteiger partial charge < -0.3 is 5.32 Å². The van der Waals surface area contributed by atoms with Crippen LogP contribution in [0.15, 0.2) is 30.3 Å². The lowest BCUT2D eigenvalue weighted by Gasteiger charge is -2.13. The molecule has 0 aliphatic heterocycles. The Hall–Kier alpha value is -1.81. The lowest BCUT2D eigenvalue weighted by atomic mass is 10.1. The van der Waals surface area contributed by atoms with Crippen molar-refractivity contribution in [2.45, 2.75) is 19.9 Å². The zero-order valence-corrected chi connectivity index (χ0v) is 11.9. The number of nitrogens with zero attached hydrogens (tertiary/aromatic N) is 2. The molecular weight excluding hydrogens is 262 g/mol. The van der Waals surface area contributed by atoms with E-state index in [4.69, 9.17) is 11.6 Å². The van der Waals surface area contributed by atoms with E-state index in [1.807, 2.05) is 44.2 Å². The molecule has 0 saturated carbocycles. The number of hydrogen-bond donors (Lipinski definition) is 1. The minimum atomic E-state index is -0.259. The molecule has 2 aromatic rings. The van der Waals surface area contributed by atoms with Crippen LogP contribution in [0.4, 0.5) is 0 Å². The van der Waals surface area contributed by atoms with E-state index in [1.54, 1.807) is 11.7 Å². The average Bonchev–Trinajstić information content (AvgIpc) is 2.67. The summed E-state index contributed by atoms with van der Waals surface area (Å²) in [5.41, 5.74) is 2.09. The first-order chi connectivity index (χ1) is 9.00. The first-order valence-corrected chi connectivity index (χ1v) is 6.43. The van der Waals surface area contributed by atoms with Gasteiger partial charge in [0.15, 0.2) is 5.69 Å². The lowest BCUT2D eigenvalue weighted by molar-refractivity contribution is 0.0934. The van der Waals surface area contributed by atoms with E-state index in [0.29, 0.717) is 5.02 Å². The van der Waals surface area contributed by atoms with Crippen LogP contribution in [0.1, 0.15) is 34.7 Å². The molecule has 0 spiro atoms. The van der Waals surface area contributed by atoms with Crippen LogP contribution in [-0.2, 0) is 7.05 Å². The zero-order valence-electron chi connectivity index (χ0n) is 11.1. The normalized spacial score (nSPS) is 12.2. The topological polar surface area (TPSA) is 46.9 Å². The van der Waals surface area contributed by atoms with Gasteiger partial charge in [-0.2, -0.15) is 5.10 Å². The zero-order chi connectivity index (χ0) is 14.0. The maximum absolute atomic E-state index is 12.1. The van der Waals surface area contributed by atoms with Crippen LogP contribution in [-0.4, -0.2) is 15.7 Å². The number of carbonyl (C=O) groups is 1. The molecule has 1 aromatic carbocycles. The molecule has 19 heavy (non-hydrogen) atoms. The highest BCUT2D eigenvalue weighted by Crippen LogP contribution is 2.20. The first-order valence-electron chi connectivity index (χ1n) is 6.05. The first kappa shape index (κ1) is 13.6. The minimum absolute atomic E-state index is 0.0907. The van der Waals surface area contributed by atoms with Gasteiger partial charge in [0.05, 0.1) is 16.8 Å².